The molecule has 1 aliphatic carbocycles. The topological polar surface area (TPSA) is 104 Å². The quantitative estimate of drug-likeness (QED) is 0.554. The van der Waals surface area contributed by atoms with Crippen molar-refractivity contribution in [2.45, 2.75) is 65.1 Å². The number of aryl methyl sites for hydroxylation is 1. The normalized spacial score (nSPS) is 15.0. The molecule has 0 radical (unpaired) electrons. The van der Waals surface area contributed by atoms with Crippen LogP contribution in [0.15, 0.2) is 14.7 Å². The maximum atomic E-state index is 13.2. The zero-order valence-electron chi connectivity index (χ0n) is 18.0. The molecule has 1 fully saturated rings. The van der Waals surface area contributed by atoms with Gasteiger partial charge >= 0.3 is 11.8 Å². The second-order valence-corrected chi connectivity index (χ2v) is 9.36. The maximum absolute atomic E-state index is 13.2. The van der Waals surface area contributed by atoms with Gasteiger partial charge in [-0.25, -0.2) is 15.0 Å². The first-order chi connectivity index (χ1) is 14.1. The van der Waals surface area contributed by atoms with Gasteiger partial charge in [-0.3, -0.25) is 13.9 Å². The fraction of sp³-hybridized carbons (Fsp3) is 0.600. The van der Waals surface area contributed by atoms with Gasteiger partial charge in [0.2, 0.25) is 0 Å². The number of hydrogen-bond donors (Lipinski definition) is 1. The number of nitrogens with zero attached hydrogens (tertiary/aromatic N) is 3. The van der Waals surface area contributed by atoms with Crippen LogP contribution in [0.4, 0.5) is 4.79 Å². The van der Waals surface area contributed by atoms with E-state index >= 15 is 0 Å². The minimum atomic E-state index is -0.665. The van der Waals surface area contributed by atoms with Gasteiger partial charge in [-0.1, -0.05) is 0 Å². The molecule has 0 atom stereocenters. The highest BCUT2D eigenvalue weighted by Crippen LogP contribution is 2.31. The number of carbonyl (C=O) groups is 1. The standard InChI is InChI=1S/C20H28N4O5S/c1-12-14(11-21-22-18(26)29-20(2,3)4)30-17-15(12)16(25)24(13-7-6-8-13)19(27)23(17)9-10-28-5/h11,13H,6-10H2,1-5H3,(H,22,26). The van der Waals surface area contributed by atoms with E-state index in [4.69, 9.17) is 9.47 Å². The number of thiophene rings is 1. The molecule has 2 aromatic heterocycles. The van der Waals surface area contributed by atoms with E-state index in [1.165, 1.54) is 22.1 Å². The molecule has 1 amide bonds. The van der Waals surface area contributed by atoms with Crippen molar-refractivity contribution in [3.63, 3.8) is 0 Å². The zero-order chi connectivity index (χ0) is 22.1. The molecule has 0 spiro atoms. The Morgan fingerprint density at radius 2 is 2.03 bits per heavy atom. The molecule has 1 aliphatic rings. The molecule has 1 saturated carbocycles. The lowest BCUT2D eigenvalue weighted by Gasteiger charge is -2.27. The molecule has 10 heteroatoms. The summed E-state index contributed by atoms with van der Waals surface area (Å²) in [6.07, 6.45) is 3.50. The van der Waals surface area contributed by atoms with Crippen LogP contribution in [0, 0.1) is 6.92 Å². The van der Waals surface area contributed by atoms with Gasteiger partial charge in [-0.2, -0.15) is 5.10 Å². The number of fused-ring (bicyclic) bond motifs is 1. The number of ether oxygens (including phenoxy) is 2. The van der Waals surface area contributed by atoms with Gasteiger partial charge in [0.1, 0.15) is 10.4 Å². The van der Waals surface area contributed by atoms with E-state index in [9.17, 15) is 14.4 Å². The maximum Gasteiger partial charge on any atom is 0.428 e. The lowest BCUT2D eigenvalue weighted by Crippen LogP contribution is -2.44. The molecule has 0 saturated heterocycles. The largest absolute Gasteiger partial charge is 0.443 e. The highest BCUT2D eigenvalue weighted by Gasteiger charge is 2.27. The van der Waals surface area contributed by atoms with Crippen LogP contribution in [0.1, 0.15) is 56.5 Å². The van der Waals surface area contributed by atoms with Crippen molar-refractivity contribution in [1.82, 2.24) is 14.6 Å². The first-order valence-electron chi connectivity index (χ1n) is 9.93. The van der Waals surface area contributed by atoms with E-state index in [1.807, 2.05) is 6.92 Å². The van der Waals surface area contributed by atoms with Crippen LogP contribution in [0.5, 0.6) is 0 Å². The Morgan fingerprint density at radius 3 is 2.60 bits per heavy atom. The van der Waals surface area contributed by atoms with Gasteiger partial charge in [0.25, 0.3) is 5.56 Å². The Hall–Kier alpha value is -2.46. The van der Waals surface area contributed by atoms with Crippen molar-refractivity contribution >= 4 is 33.9 Å². The number of methoxy groups -OCH3 is 1. The third kappa shape index (κ3) is 4.49. The number of nitrogens with one attached hydrogen (secondary N) is 1. The second kappa shape index (κ2) is 8.73. The molecular formula is C20H28N4O5S. The summed E-state index contributed by atoms with van der Waals surface area (Å²) in [5.74, 6) is 0. The van der Waals surface area contributed by atoms with Crippen LogP contribution in [-0.2, 0) is 16.0 Å². The number of aromatic nitrogens is 2. The van der Waals surface area contributed by atoms with E-state index < -0.39 is 11.7 Å². The number of carbonyl (C=O) groups excluding carboxylic acids is 1. The molecule has 0 aromatic carbocycles. The first kappa shape index (κ1) is 22.2. The smallest absolute Gasteiger partial charge is 0.428 e. The summed E-state index contributed by atoms with van der Waals surface area (Å²) >= 11 is 1.29. The van der Waals surface area contributed by atoms with Crippen LogP contribution in [0.25, 0.3) is 10.2 Å². The molecule has 0 unspecified atom stereocenters. The van der Waals surface area contributed by atoms with Gasteiger partial charge in [-0.05, 0) is 52.5 Å². The average Bonchev–Trinajstić information content (AvgIpc) is 2.92. The van der Waals surface area contributed by atoms with Crippen molar-refractivity contribution in [2.75, 3.05) is 13.7 Å². The minimum Gasteiger partial charge on any atom is -0.443 e. The monoisotopic (exact) mass is 436 g/mol. The van der Waals surface area contributed by atoms with E-state index in [0.717, 1.165) is 24.8 Å². The van der Waals surface area contributed by atoms with Gasteiger partial charge in [0.15, 0.2) is 0 Å². The molecule has 1 N–H and O–H groups in total. The fourth-order valence-electron chi connectivity index (χ4n) is 3.30. The summed E-state index contributed by atoms with van der Waals surface area (Å²) in [5, 5.41) is 4.47. The summed E-state index contributed by atoms with van der Waals surface area (Å²) in [6.45, 7) is 7.83. The van der Waals surface area contributed by atoms with Crippen molar-refractivity contribution in [2.24, 2.45) is 5.10 Å². The van der Waals surface area contributed by atoms with Gasteiger partial charge in [-0.15, -0.1) is 11.3 Å². The highest BCUT2D eigenvalue weighted by molar-refractivity contribution is 7.20. The molecule has 3 rings (SSSR count). The third-order valence-corrected chi connectivity index (χ3v) is 6.22. The molecule has 2 aromatic rings. The predicted octanol–water partition coefficient (Wildman–Crippen LogP) is 2.76. The molecule has 9 nitrogen and oxygen atoms in total. The molecular weight excluding hydrogens is 408 g/mol. The van der Waals surface area contributed by atoms with Crippen molar-refractivity contribution in [1.29, 1.82) is 0 Å². The number of amides is 1. The predicted molar refractivity (Wildman–Crippen MR) is 117 cm³/mol. The second-order valence-electron chi connectivity index (χ2n) is 8.33. The number of hydrazone groups is 1. The molecule has 2 heterocycles. The molecule has 164 valence electrons. The summed E-state index contributed by atoms with van der Waals surface area (Å²) in [7, 11) is 1.57. The van der Waals surface area contributed by atoms with Gasteiger partial charge in [0, 0.05) is 13.2 Å². The Kier molecular flexibility index (Phi) is 6.47. The van der Waals surface area contributed by atoms with Gasteiger partial charge in [0.05, 0.1) is 29.6 Å². The molecule has 30 heavy (non-hydrogen) atoms. The first-order valence-corrected chi connectivity index (χ1v) is 10.7. The minimum absolute atomic E-state index is 0.0477. The van der Waals surface area contributed by atoms with Crippen molar-refractivity contribution in [3.8, 4) is 0 Å². The van der Waals surface area contributed by atoms with Gasteiger partial charge < -0.3 is 9.47 Å². The average molecular weight is 437 g/mol. The van der Waals surface area contributed by atoms with Crippen LogP contribution in [0.3, 0.4) is 0 Å². The Morgan fingerprint density at radius 1 is 1.33 bits per heavy atom. The Balaban J connectivity index is 2.02. The lowest BCUT2D eigenvalue weighted by atomic mass is 9.93. The van der Waals surface area contributed by atoms with Crippen LogP contribution in [-0.4, -0.2) is 40.8 Å². The fourth-order valence-corrected chi connectivity index (χ4v) is 4.49. The molecule has 0 aliphatic heterocycles. The summed E-state index contributed by atoms with van der Waals surface area (Å²) in [5.41, 5.74) is 1.87. The van der Waals surface area contributed by atoms with E-state index in [-0.39, 0.29) is 17.3 Å². The zero-order valence-corrected chi connectivity index (χ0v) is 18.8. The summed E-state index contributed by atoms with van der Waals surface area (Å²) < 4.78 is 13.3. The third-order valence-electron chi connectivity index (χ3n) is 4.98. The number of rotatable bonds is 6. The highest BCUT2D eigenvalue weighted by atomic mass is 32.1. The Bertz CT molecular complexity index is 1090. The summed E-state index contributed by atoms with van der Waals surface area (Å²) in [6, 6.07) is -0.0477. The van der Waals surface area contributed by atoms with Crippen molar-refractivity contribution < 1.29 is 14.3 Å². The number of hydrogen-bond acceptors (Lipinski definition) is 7. The van der Waals surface area contributed by atoms with E-state index in [0.29, 0.717) is 28.2 Å². The summed E-state index contributed by atoms with van der Waals surface area (Å²) in [4.78, 5) is 39.3. The van der Waals surface area contributed by atoms with Crippen LogP contribution < -0.4 is 16.7 Å². The van der Waals surface area contributed by atoms with E-state index in [1.54, 1.807) is 32.4 Å². The lowest BCUT2D eigenvalue weighted by molar-refractivity contribution is 0.0529. The SMILES string of the molecule is COCCn1c(=O)n(C2CCC2)c(=O)c2c(C)c(C=NNC(=O)OC(C)(C)C)sc21. The van der Waals surface area contributed by atoms with E-state index in [2.05, 4.69) is 10.5 Å². The molecule has 0 bridgehead atoms. The van der Waals surface area contributed by atoms with Crippen LogP contribution in [0.2, 0.25) is 0 Å². The Labute approximate surface area is 178 Å². The van der Waals surface area contributed by atoms with Crippen molar-refractivity contribution in [3.05, 3.63) is 31.3 Å². The van der Waals surface area contributed by atoms with Crippen LogP contribution >= 0.6 is 11.3 Å².